The Morgan fingerprint density at radius 1 is 1.16 bits per heavy atom. The molecule has 0 saturated carbocycles. The minimum Gasteiger partial charge on any atom is -0.506 e. The first-order chi connectivity index (χ1) is 11.9. The molecular formula is C16H12Br2N4O2S. The maximum atomic E-state index is 10.3. The molecule has 9 heteroatoms. The average Bonchev–Trinajstić information content (AvgIpc) is 3.00. The molecule has 0 bridgehead atoms. The van der Waals surface area contributed by atoms with Crippen molar-refractivity contribution in [2.45, 2.75) is 6.92 Å². The van der Waals surface area contributed by atoms with E-state index in [4.69, 9.17) is 12.2 Å². The molecule has 0 saturated heterocycles. The monoisotopic (exact) mass is 482 g/mol. The van der Waals surface area contributed by atoms with Gasteiger partial charge in [-0.05, 0) is 56.6 Å². The van der Waals surface area contributed by atoms with Crippen LogP contribution in [0.3, 0.4) is 0 Å². The number of halogens is 2. The number of nitrogens with one attached hydrogen (secondary N) is 1. The number of hydrogen-bond acceptors (Lipinski definition) is 5. The number of phenols is 2. The molecule has 1 aromatic heterocycles. The average molecular weight is 484 g/mol. The first kappa shape index (κ1) is 17.8. The molecule has 1 heterocycles. The number of aromatic nitrogens is 3. The smallest absolute Gasteiger partial charge is 0.216 e. The van der Waals surface area contributed by atoms with Gasteiger partial charge in [0, 0.05) is 11.1 Å². The topological polar surface area (TPSA) is 86.4 Å². The Hall–Kier alpha value is -1.97. The van der Waals surface area contributed by atoms with Crippen LogP contribution in [0.25, 0.3) is 11.4 Å². The summed E-state index contributed by atoms with van der Waals surface area (Å²) in [6.45, 7) is 1.75. The minimum atomic E-state index is -0.113. The number of aromatic hydroxyl groups is 2. The minimum absolute atomic E-state index is 0.0722. The fourth-order valence-electron chi connectivity index (χ4n) is 2.25. The van der Waals surface area contributed by atoms with Crippen molar-refractivity contribution in [1.82, 2.24) is 14.9 Å². The summed E-state index contributed by atoms with van der Waals surface area (Å²) in [5, 5.41) is 31.5. The lowest BCUT2D eigenvalue weighted by atomic mass is 10.1. The fraction of sp³-hybridized carbons (Fsp3) is 0.0625. The van der Waals surface area contributed by atoms with Crippen molar-refractivity contribution in [3.63, 3.8) is 0 Å². The van der Waals surface area contributed by atoms with Crippen molar-refractivity contribution >= 4 is 50.3 Å². The standard InChI is InChI=1S/C16H12Br2N4O2S/c1-8-10(13(23)12(18)14(24)11(8)17)7-19-22-15(20-21-16(22)25)9-5-3-2-4-6-9/h2-7,23-24H,1H3,(H,21,25)/b19-7+. The lowest BCUT2D eigenvalue weighted by molar-refractivity contribution is 0.441. The molecule has 0 aliphatic heterocycles. The first-order valence-corrected chi connectivity index (χ1v) is 9.08. The van der Waals surface area contributed by atoms with Crippen LogP contribution in [0, 0.1) is 11.7 Å². The van der Waals surface area contributed by atoms with E-state index in [2.05, 4.69) is 47.2 Å². The van der Waals surface area contributed by atoms with Gasteiger partial charge in [-0.25, -0.2) is 5.10 Å². The Kier molecular flexibility index (Phi) is 5.07. The Bertz CT molecular complexity index is 1000. The van der Waals surface area contributed by atoms with Gasteiger partial charge in [-0.3, -0.25) is 0 Å². The van der Waals surface area contributed by atoms with Gasteiger partial charge in [0.2, 0.25) is 4.77 Å². The van der Waals surface area contributed by atoms with Crippen molar-refractivity contribution < 1.29 is 10.2 Å². The number of rotatable bonds is 3. The first-order valence-electron chi connectivity index (χ1n) is 7.08. The lowest BCUT2D eigenvalue weighted by Crippen LogP contribution is -1.97. The molecule has 0 fully saturated rings. The number of phenolic OH excluding ortho intramolecular Hbond substituents is 2. The van der Waals surface area contributed by atoms with Crippen LogP contribution in [0.1, 0.15) is 11.1 Å². The zero-order chi connectivity index (χ0) is 18.1. The van der Waals surface area contributed by atoms with E-state index >= 15 is 0 Å². The van der Waals surface area contributed by atoms with E-state index in [1.165, 1.54) is 10.9 Å². The van der Waals surface area contributed by atoms with E-state index < -0.39 is 0 Å². The molecule has 0 amide bonds. The molecule has 0 spiro atoms. The van der Waals surface area contributed by atoms with E-state index in [-0.39, 0.29) is 16.0 Å². The van der Waals surface area contributed by atoms with Crippen LogP contribution in [0.5, 0.6) is 11.5 Å². The van der Waals surface area contributed by atoms with Crippen molar-refractivity contribution in [2.75, 3.05) is 0 Å². The highest BCUT2D eigenvalue weighted by molar-refractivity contribution is 9.11. The van der Waals surface area contributed by atoms with E-state index in [9.17, 15) is 10.2 Å². The van der Waals surface area contributed by atoms with Gasteiger partial charge in [-0.2, -0.15) is 14.9 Å². The van der Waals surface area contributed by atoms with Crippen LogP contribution in [-0.2, 0) is 0 Å². The van der Waals surface area contributed by atoms with Crippen LogP contribution in [0.4, 0.5) is 0 Å². The number of nitrogens with zero attached hydrogens (tertiary/aromatic N) is 3. The highest BCUT2D eigenvalue weighted by atomic mass is 79.9. The SMILES string of the molecule is Cc1c(Br)c(O)c(Br)c(O)c1/C=N/n1c(-c2ccccc2)n[nH]c1=S. The van der Waals surface area contributed by atoms with Crippen LogP contribution < -0.4 is 0 Å². The third-order valence-electron chi connectivity index (χ3n) is 3.60. The van der Waals surface area contributed by atoms with E-state index in [1.807, 2.05) is 30.3 Å². The summed E-state index contributed by atoms with van der Waals surface area (Å²) in [5.74, 6) is 0.367. The van der Waals surface area contributed by atoms with E-state index in [0.717, 1.165) is 5.56 Å². The Labute approximate surface area is 165 Å². The lowest BCUT2D eigenvalue weighted by Gasteiger charge is -2.11. The van der Waals surface area contributed by atoms with Gasteiger partial charge >= 0.3 is 0 Å². The van der Waals surface area contributed by atoms with E-state index in [0.29, 0.717) is 26.2 Å². The Morgan fingerprint density at radius 3 is 2.52 bits per heavy atom. The molecule has 3 rings (SSSR count). The predicted molar refractivity (Wildman–Crippen MR) is 106 cm³/mol. The summed E-state index contributed by atoms with van der Waals surface area (Å²) in [4.78, 5) is 0. The van der Waals surface area contributed by atoms with Gasteiger partial charge in [-0.1, -0.05) is 30.3 Å². The number of benzene rings is 2. The van der Waals surface area contributed by atoms with Gasteiger partial charge < -0.3 is 10.2 Å². The largest absolute Gasteiger partial charge is 0.506 e. The van der Waals surface area contributed by atoms with Gasteiger partial charge in [-0.15, -0.1) is 0 Å². The van der Waals surface area contributed by atoms with Crippen LogP contribution in [0.2, 0.25) is 0 Å². The Balaban J connectivity index is 2.11. The van der Waals surface area contributed by atoms with Gasteiger partial charge in [0.05, 0.1) is 10.7 Å². The number of hydrogen-bond donors (Lipinski definition) is 3. The number of H-pyrrole nitrogens is 1. The molecule has 0 aliphatic carbocycles. The van der Waals surface area contributed by atoms with Crippen LogP contribution >= 0.6 is 44.1 Å². The quantitative estimate of drug-likeness (QED) is 0.371. The van der Waals surface area contributed by atoms with Crippen LogP contribution in [-0.4, -0.2) is 31.3 Å². The van der Waals surface area contributed by atoms with Crippen LogP contribution in [0.15, 0.2) is 44.4 Å². The molecule has 6 nitrogen and oxygen atoms in total. The molecule has 0 atom stereocenters. The van der Waals surface area contributed by atoms with Crippen molar-refractivity contribution in [3.8, 4) is 22.9 Å². The summed E-state index contributed by atoms with van der Waals surface area (Å²) in [6, 6.07) is 9.49. The third-order valence-corrected chi connectivity index (χ3v) is 5.58. The Morgan fingerprint density at radius 2 is 1.84 bits per heavy atom. The second kappa shape index (κ2) is 7.11. The predicted octanol–water partition coefficient (Wildman–Crippen LogP) is 4.73. The summed E-state index contributed by atoms with van der Waals surface area (Å²) in [7, 11) is 0. The van der Waals surface area contributed by atoms with Crippen molar-refractivity contribution in [1.29, 1.82) is 0 Å². The fourth-order valence-corrected chi connectivity index (χ4v) is 3.52. The molecule has 128 valence electrons. The summed E-state index contributed by atoms with van der Waals surface area (Å²) in [5.41, 5.74) is 1.93. The summed E-state index contributed by atoms with van der Waals surface area (Å²) < 4.78 is 2.45. The van der Waals surface area contributed by atoms with Crippen molar-refractivity contribution in [3.05, 3.63) is 55.2 Å². The highest BCUT2D eigenvalue weighted by Crippen LogP contribution is 2.43. The summed E-state index contributed by atoms with van der Waals surface area (Å²) >= 11 is 11.7. The van der Waals surface area contributed by atoms with Gasteiger partial charge in [0.1, 0.15) is 16.0 Å². The molecule has 3 aromatic rings. The second-order valence-corrected chi connectivity index (χ2v) is 7.11. The van der Waals surface area contributed by atoms with Crippen molar-refractivity contribution in [2.24, 2.45) is 5.10 Å². The maximum Gasteiger partial charge on any atom is 0.216 e. The molecule has 0 radical (unpaired) electrons. The molecular weight excluding hydrogens is 472 g/mol. The zero-order valence-corrected chi connectivity index (χ0v) is 16.9. The maximum absolute atomic E-state index is 10.3. The van der Waals surface area contributed by atoms with Gasteiger partial charge in [0.25, 0.3) is 0 Å². The normalized spacial score (nSPS) is 11.3. The summed E-state index contributed by atoms with van der Waals surface area (Å²) in [6.07, 6.45) is 1.47. The molecule has 0 unspecified atom stereocenters. The molecule has 3 N–H and O–H groups in total. The molecule has 25 heavy (non-hydrogen) atoms. The highest BCUT2D eigenvalue weighted by Gasteiger charge is 2.17. The number of aromatic amines is 1. The second-order valence-electron chi connectivity index (χ2n) is 5.14. The molecule has 2 aromatic carbocycles. The van der Waals surface area contributed by atoms with Gasteiger partial charge in [0.15, 0.2) is 5.82 Å². The molecule has 0 aliphatic rings. The van der Waals surface area contributed by atoms with E-state index in [1.54, 1.807) is 6.92 Å². The zero-order valence-electron chi connectivity index (χ0n) is 12.9. The third kappa shape index (κ3) is 3.26.